The van der Waals surface area contributed by atoms with Crippen LogP contribution in [-0.2, 0) is 14.0 Å². The first-order valence-corrected chi connectivity index (χ1v) is 13.0. The zero-order valence-corrected chi connectivity index (χ0v) is 21.4. The van der Waals surface area contributed by atoms with Crippen molar-refractivity contribution in [3.05, 3.63) is 66.2 Å². The Morgan fingerprint density at radius 3 is 2.46 bits per heavy atom. The van der Waals surface area contributed by atoms with Gasteiger partial charge in [-0.1, -0.05) is 69.3 Å². The molecule has 1 aliphatic carbocycles. The molecule has 35 heavy (non-hydrogen) atoms. The number of hydrogen-bond acceptors (Lipinski definition) is 4. The number of benzene rings is 2. The maximum Gasteiger partial charge on any atom is 0.311 e. The van der Waals surface area contributed by atoms with Gasteiger partial charge in [-0.15, -0.1) is 0 Å². The van der Waals surface area contributed by atoms with Gasteiger partial charge in [0.1, 0.15) is 0 Å². The van der Waals surface area contributed by atoms with Crippen molar-refractivity contribution >= 4 is 23.7 Å². The zero-order chi connectivity index (χ0) is 24.8. The summed E-state index contributed by atoms with van der Waals surface area (Å²) < 4.78 is 11.8. The Labute approximate surface area is 209 Å². The highest BCUT2D eigenvalue weighted by atomic mass is 16.5. The SMILES string of the molecule is CCOC(=O)CC1=NN(c2ccccc2)[C@@H]([C-]=[O+][C@H]2C[C@@H](C)CC[C@@H]2C(C)C)[C@@H]1c1ccccc1. The molecule has 0 unspecified atom stereocenters. The monoisotopic (exact) mass is 474 g/mol. The fourth-order valence-corrected chi connectivity index (χ4v) is 5.45. The topological polar surface area (TPSA) is 53.2 Å². The number of ether oxygens (including phenoxy) is 1. The summed E-state index contributed by atoms with van der Waals surface area (Å²) in [5.41, 5.74) is 2.82. The number of anilines is 1. The maximum atomic E-state index is 12.5. The van der Waals surface area contributed by atoms with E-state index in [1.54, 1.807) is 0 Å². The number of hydrogen-bond donors (Lipinski definition) is 0. The fourth-order valence-electron chi connectivity index (χ4n) is 5.45. The molecular formula is C30H38N2O3. The van der Waals surface area contributed by atoms with E-state index in [2.05, 4.69) is 39.2 Å². The molecular weight excluding hydrogens is 436 g/mol. The molecule has 5 nitrogen and oxygen atoms in total. The number of nitrogens with zero attached hydrogens (tertiary/aromatic N) is 2. The van der Waals surface area contributed by atoms with E-state index in [4.69, 9.17) is 14.3 Å². The molecule has 186 valence electrons. The molecule has 1 fully saturated rings. The lowest BCUT2D eigenvalue weighted by Crippen LogP contribution is -2.37. The van der Waals surface area contributed by atoms with Crippen LogP contribution in [0, 0.1) is 17.8 Å². The molecule has 2 aromatic carbocycles. The number of para-hydroxylation sites is 1. The van der Waals surface area contributed by atoms with Gasteiger partial charge >= 0.3 is 5.97 Å². The Balaban J connectivity index is 1.72. The minimum atomic E-state index is -0.283. The molecule has 0 radical (unpaired) electrons. The van der Waals surface area contributed by atoms with Crippen LogP contribution in [-0.4, -0.2) is 36.7 Å². The second-order valence-electron chi connectivity index (χ2n) is 10.2. The lowest BCUT2D eigenvalue weighted by atomic mass is 9.75. The molecule has 0 N–H and O–H groups in total. The number of hydrazone groups is 1. The normalized spacial score (nSPS) is 26.8. The summed E-state index contributed by atoms with van der Waals surface area (Å²) in [6, 6.07) is 20.0. The third kappa shape index (κ3) is 6.01. The smallest absolute Gasteiger partial charge is 0.311 e. The van der Waals surface area contributed by atoms with Crippen LogP contribution in [0.25, 0.3) is 0 Å². The number of esters is 1. The summed E-state index contributed by atoms with van der Waals surface area (Å²) in [4.78, 5) is 12.5. The van der Waals surface area contributed by atoms with E-state index in [0.29, 0.717) is 24.4 Å². The fraction of sp³-hybridized carbons (Fsp3) is 0.500. The minimum Gasteiger partial charge on any atom is -0.466 e. The highest BCUT2D eigenvalue weighted by Crippen LogP contribution is 2.37. The molecule has 1 saturated carbocycles. The highest BCUT2D eigenvalue weighted by Gasteiger charge is 2.39. The summed E-state index contributed by atoms with van der Waals surface area (Å²) in [5, 5.41) is 6.92. The van der Waals surface area contributed by atoms with Gasteiger partial charge in [0.2, 0.25) is 6.10 Å². The molecule has 1 aliphatic heterocycles. The van der Waals surface area contributed by atoms with Gasteiger partial charge in [-0.2, -0.15) is 5.10 Å². The van der Waals surface area contributed by atoms with Crippen molar-refractivity contribution in [3.63, 3.8) is 0 Å². The molecule has 0 aromatic heterocycles. The molecule has 0 bridgehead atoms. The average molecular weight is 475 g/mol. The van der Waals surface area contributed by atoms with E-state index in [0.717, 1.165) is 23.4 Å². The lowest BCUT2D eigenvalue weighted by molar-refractivity contribution is -0.141. The summed E-state index contributed by atoms with van der Waals surface area (Å²) >= 11 is 0. The number of rotatable bonds is 8. The van der Waals surface area contributed by atoms with Crippen LogP contribution in [0.2, 0.25) is 0 Å². The van der Waals surface area contributed by atoms with Crippen LogP contribution in [0.3, 0.4) is 0 Å². The zero-order valence-electron chi connectivity index (χ0n) is 21.4. The summed E-state index contributed by atoms with van der Waals surface area (Å²) in [6.07, 6.45) is 7.21. The van der Waals surface area contributed by atoms with Crippen LogP contribution in [0.1, 0.15) is 64.9 Å². The van der Waals surface area contributed by atoms with Crippen molar-refractivity contribution in [1.82, 2.24) is 0 Å². The molecule has 5 heteroatoms. The van der Waals surface area contributed by atoms with Gasteiger partial charge in [0.15, 0.2) is 0 Å². The van der Waals surface area contributed by atoms with Gasteiger partial charge in [-0.05, 0) is 49.3 Å². The van der Waals surface area contributed by atoms with Crippen molar-refractivity contribution in [2.45, 2.75) is 71.4 Å². The summed E-state index contributed by atoms with van der Waals surface area (Å²) in [7, 11) is 0. The molecule has 2 aromatic rings. The van der Waals surface area contributed by atoms with Gasteiger partial charge in [-0.25, -0.2) is 0 Å². The Morgan fingerprint density at radius 2 is 1.80 bits per heavy atom. The van der Waals surface area contributed by atoms with E-state index >= 15 is 0 Å². The lowest BCUT2D eigenvalue weighted by Gasteiger charge is -2.33. The van der Waals surface area contributed by atoms with Crippen LogP contribution in [0.15, 0.2) is 65.8 Å². The minimum absolute atomic E-state index is 0.141. The standard InChI is InChI=1S/C30H38N2O3/c1-5-34-29(33)19-26-30(23-12-8-6-9-13-23)27(32(31-26)24-14-10-7-11-15-24)20-35-28-18-22(4)16-17-25(28)21(2)3/h6-15,21-22,25,27-28,30H,5,16-19H2,1-4H3/t22-,25+,27-,28-,30+/m0/s1. The first-order chi connectivity index (χ1) is 17.0. The van der Waals surface area contributed by atoms with Gasteiger partial charge in [0.05, 0.1) is 24.4 Å². The largest absolute Gasteiger partial charge is 0.466 e. The molecule has 2 aliphatic rings. The third-order valence-electron chi connectivity index (χ3n) is 7.29. The average Bonchev–Trinajstić information content (AvgIpc) is 3.21. The van der Waals surface area contributed by atoms with Crippen LogP contribution in [0.4, 0.5) is 5.69 Å². The van der Waals surface area contributed by atoms with E-state index in [1.807, 2.05) is 60.5 Å². The van der Waals surface area contributed by atoms with E-state index in [1.165, 1.54) is 12.8 Å². The van der Waals surface area contributed by atoms with Crippen LogP contribution >= 0.6 is 0 Å². The summed E-state index contributed by atoms with van der Waals surface area (Å²) in [5.74, 6) is 1.30. The van der Waals surface area contributed by atoms with Crippen molar-refractivity contribution in [2.75, 3.05) is 11.6 Å². The predicted molar refractivity (Wildman–Crippen MR) is 141 cm³/mol. The molecule has 4 rings (SSSR count). The predicted octanol–water partition coefficient (Wildman–Crippen LogP) is 6.07. The first kappa shape index (κ1) is 25.2. The number of carbonyl (C=O) groups is 1. The third-order valence-corrected chi connectivity index (χ3v) is 7.29. The van der Waals surface area contributed by atoms with Crippen LogP contribution < -0.4 is 5.01 Å². The summed E-state index contributed by atoms with van der Waals surface area (Å²) in [6.45, 7) is 9.07. The number of carbonyl (C=O) groups excluding carboxylic acids is 2. The Hall–Kier alpha value is -2.95. The van der Waals surface area contributed by atoms with E-state index < -0.39 is 0 Å². The Bertz CT molecular complexity index is 1020. The second kappa shape index (κ2) is 11.7. The van der Waals surface area contributed by atoms with Crippen molar-refractivity contribution in [2.24, 2.45) is 22.9 Å². The van der Waals surface area contributed by atoms with Gasteiger partial charge in [0, 0.05) is 30.6 Å². The van der Waals surface area contributed by atoms with Crippen molar-refractivity contribution in [3.8, 4) is 0 Å². The molecule has 0 amide bonds. The van der Waals surface area contributed by atoms with Crippen molar-refractivity contribution in [1.29, 1.82) is 0 Å². The van der Waals surface area contributed by atoms with Gasteiger partial charge in [-0.3, -0.25) is 9.80 Å². The second-order valence-corrected chi connectivity index (χ2v) is 10.2. The van der Waals surface area contributed by atoms with Gasteiger partial charge < -0.3 is 9.16 Å². The van der Waals surface area contributed by atoms with Crippen molar-refractivity contribution < 1.29 is 14.0 Å². The first-order valence-electron chi connectivity index (χ1n) is 13.0. The molecule has 5 atom stereocenters. The molecule has 0 saturated heterocycles. The van der Waals surface area contributed by atoms with Crippen LogP contribution in [0.5, 0.6) is 0 Å². The molecule has 0 spiro atoms. The van der Waals surface area contributed by atoms with Gasteiger partial charge in [0.25, 0.3) is 0 Å². The Kier molecular flexibility index (Phi) is 8.37. The molecule has 1 heterocycles. The Morgan fingerprint density at radius 1 is 1.11 bits per heavy atom. The van der Waals surface area contributed by atoms with E-state index in [9.17, 15) is 4.79 Å². The quantitative estimate of drug-likeness (QED) is 0.265. The maximum absolute atomic E-state index is 12.5. The highest BCUT2D eigenvalue weighted by molar-refractivity contribution is 6.07. The van der Waals surface area contributed by atoms with E-state index in [-0.39, 0.29) is 30.5 Å².